The Kier molecular flexibility index (Phi) is 8.44. The van der Waals surface area contributed by atoms with Crippen molar-refractivity contribution in [3.63, 3.8) is 0 Å². The fourth-order valence-electron chi connectivity index (χ4n) is 1.01. The summed E-state index contributed by atoms with van der Waals surface area (Å²) in [6, 6.07) is 0.195. The highest BCUT2D eigenvalue weighted by atomic mass is 16.1. The van der Waals surface area contributed by atoms with E-state index in [-0.39, 0.29) is 11.9 Å². The molecule has 0 aromatic carbocycles. The van der Waals surface area contributed by atoms with E-state index in [2.05, 4.69) is 17.5 Å². The molecule has 0 fully saturated rings. The minimum atomic E-state index is -0.0388. The van der Waals surface area contributed by atoms with Crippen molar-refractivity contribution >= 4 is 5.91 Å². The van der Waals surface area contributed by atoms with Gasteiger partial charge in [0, 0.05) is 12.1 Å². The van der Waals surface area contributed by atoms with Crippen molar-refractivity contribution in [1.82, 2.24) is 5.32 Å². The van der Waals surface area contributed by atoms with Gasteiger partial charge in [-0.3, -0.25) is 4.79 Å². The Labute approximate surface area is 92.8 Å². The highest BCUT2D eigenvalue weighted by Gasteiger charge is 1.95. The van der Waals surface area contributed by atoms with Gasteiger partial charge in [-0.05, 0) is 33.6 Å². The van der Waals surface area contributed by atoms with Crippen molar-refractivity contribution in [1.29, 1.82) is 0 Å². The van der Waals surface area contributed by atoms with E-state index in [4.69, 9.17) is 0 Å². The van der Waals surface area contributed by atoms with Gasteiger partial charge in [0.2, 0.25) is 5.91 Å². The molecule has 0 unspecified atom stereocenters. The molecule has 0 aromatic rings. The molecule has 0 aliphatic carbocycles. The van der Waals surface area contributed by atoms with E-state index in [0.29, 0.717) is 0 Å². The van der Waals surface area contributed by atoms with Crippen LogP contribution < -0.4 is 5.32 Å². The normalized spacial score (nSPS) is 12.3. The Balaban J connectivity index is 3.64. The van der Waals surface area contributed by atoms with Crippen LogP contribution in [-0.2, 0) is 4.79 Å². The fourth-order valence-corrected chi connectivity index (χ4v) is 1.01. The van der Waals surface area contributed by atoms with E-state index in [1.165, 1.54) is 0 Å². The number of carbonyl (C=O) groups excluding carboxylic acids is 1. The fraction of sp³-hybridized carbons (Fsp3) is 0.462. The van der Waals surface area contributed by atoms with Crippen LogP contribution in [0.15, 0.2) is 36.5 Å². The van der Waals surface area contributed by atoms with Crippen LogP contribution in [0.1, 0.15) is 33.6 Å². The quantitative estimate of drug-likeness (QED) is 0.308. The minimum Gasteiger partial charge on any atom is -0.350 e. The van der Waals surface area contributed by atoms with Crippen LogP contribution >= 0.6 is 0 Å². The molecule has 0 saturated heterocycles. The van der Waals surface area contributed by atoms with Crippen molar-refractivity contribution in [3.8, 4) is 0 Å². The first-order valence-corrected chi connectivity index (χ1v) is 5.41. The Morgan fingerprint density at radius 3 is 2.47 bits per heavy atom. The Bertz CT molecular complexity index is 249. The number of allylic oxidation sites excluding steroid dienone is 5. The Morgan fingerprint density at radius 2 is 1.87 bits per heavy atom. The number of amides is 1. The molecular formula is C13H21NO. The summed E-state index contributed by atoms with van der Waals surface area (Å²) in [5.74, 6) is -0.0388. The zero-order valence-electron chi connectivity index (χ0n) is 9.86. The number of carbonyl (C=O) groups is 1. The van der Waals surface area contributed by atoms with Crippen LogP contribution in [0.25, 0.3) is 0 Å². The minimum absolute atomic E-state index is 0.0388. The lowest BCUT2D eigenvalue weighted by Crippen LogP contribution is -2.28. The van der Waals surface area contributed by atoms with Gasteiger partial charge in [0.1, 0.15) is 0 Å². The van der Waals surface area contributed by atoms with E-state index in [1.807, 2.05) is 32.9 Å². The molecule has 2 heteroatoms. The van der Waals surface area contributed by atoms with Crippen molar-refractivity contribution in [2.24, 2.45) is 0 Å². The average Bonchev–Trinajstić information content (AvgIpc) is 2.15. The predicted molar refractivity (Wildman–Crippen MR) is 65.6 cm³/mol. The molecule has 0 atom stereocenters. The van der Waals surface area contributed by atoms with Crippen LogP contribution in [0.5, 0.6) is 0 Å². The second-order valence-corrected chi connectivity index (χ2v) is 3.60. The SMILES string of the molecule is C/C=C/CC/C=C/C=C/C(=O)NC(C)C. The van der Waals surface area contributed by atoms with Crippen molar-refractivity contribution in [2.75, 3.05) is 0 Å². The molecular weight excluding hydrogens is 186 g/mol. The maximum atomic E-state index is 11.1. The standard InChI is InChI=1S/C13H21NO/c1-4-5-6-7-8-9-10-11-13(15)14-12(2)3/h4-5,8-12H,6-7H2,1-3H3,(H,14,15)/b5-4+,9-8+,11-10+. The predicted octanol–water partition coefficient (Wildman–Crippen LogP) is 2.98. The average molecular weight is 207 g/mol. The Morgan fingerprint density at radius 1 is 1.20 bits per heavy atom. The van der Waals surface area contributed by atoms with Crippen molar-refractivity contribution < 1.29 is 4.79 Å². The van der Waals surface area contributed by atoms with E-state index in [1.54, 1.807) is 12.2 Å². The maximum Gasteiger partial charge on any atom is 0.244 e. The smallest absolute Gasteiger partial charge is 0.244 e. The summed E-state index contributed by atoms with van der Waals surface area (Å²) in [7, 11) is 0. The molecule has 15 heavy (non-hydrogen) atoms. The number of unbranched alkanes of at least 4 members (excludes halogenated alkanes) is 1. The molecule has 0 aliphatic heterocycles. The molecule has 0 heterocycles. The Hall–Kier alpha value is -1.31. The van der Waals surface area contributed by atoms with Crippen LogP contribution in [0, 0.1) is 0 Å². The van der Waals surface area contributed by atoms with Crippen molar-refractivity contribution in [3.05, 3.63) is 36.5 Å². The molecule has 84 valence electrons. The molecule has 0 rings (SSSR count). The molecule has 0 spiro atoms. The lowest BCUT2D eigenvalue weighted by Gasteiger charge is -2.03. The number of hydrogen-bond donors (Lipinski definition) is 1. The summed E-state index contributed by atoms with van der Waals surface area (Å²) in [4.78, 5) is 11.1. The van der Waals surface area contributed by atoms with E-state index in [0.717, 1.165) is 12.8 Å². The van der Waals surface area contributed by atoms with Gasteiger partial charge in [-0.2, -0.15) is 0 Å². The van der Waals surface area contributed by atoms with Gasteiger partial charge in [-0.25, -0.2) is 0 Å². The maximum absolute atomic E-state index is 11.1. The largest absolute Gasteiger partial charge is 0.350 e. The number of nitrogens with one attached hydrogen (secondary N) is 1. The summed E-state index contributed by atoms with van der Waals surface area (Å²) >= 11 is 0. The molecule has 0 aromatic heterocycles. The molecule has 1 N–H and O–H groups in total. The van der Waals surface area contributed by atoms with Crippen LogP contribution in [0.3, 0.4) is 0 Å². The van der Waals surface area contributed by atoms with Gasteiger partial charge >= 0.3 is 0 Å². The van der Waals surface area contributed by atoms with Gasteiger partial charge in [0.05, 0.1) is 0 Å². The first kappa shape index (κ1) is 13.7. The first-order valence-electron chi connectivity index (χ1n) is 5.41. The second-order valence-electron chi connectivity index (χ2n) is 3.60. The number of rotatable bonds is 6. The van der Waals surface area contributed by atoms with E-state index >= 15 is 0 Å². The third-order valence-electron chi connectivity index (χ3n) is 1.66. The van der Waals surface area contributed by atoms with Crippen LogP contribution in [0.2, 0.25) is 0 Å². The third-order valence-corrected chi connectivity index (χ3v) is 1.66. The van der Waals surface area contributed by atoms with Gasteiger partial charge < -0.3 is 5.32 Å². The van der Waals surface area contributed by atoms with E-state index in [9.17, 15) is 4.79 Å². The topological polar surface area (TPSA) is 29.1 Å². The summed E-state index contributed by atoms with van der Waals surface area (Å²) in [5.41, 5.74) is 0. The highest BCUT2D eigenvalue weighted by Crippen LogP contribution is 1.92. The lowest BCUT2D eigenvalue weighted by molar-refractivity contribution is -0.116. The summed E-state index contributed by atoms with van der Waals surface area (Å²) in [6.45, 7) is 5.90. The van der Waals surface area contributed by atoms with Crippen LogP contribution in [-0.4, -0.2) is 11.9 Å². The monoisotopic (exact) mass is 207 g/mol. The van der Waals surface area contributed by atoms with Gasteiger partial charge in [-0.15, -0.1) is 0 Å². The lowest BCUT2D eigenvalue weighted by atomic mass is 10.2. The zero-order chi connectivity index (χ0) is 11.5. The zero-order valence-corrected chi connectivity index (χ0v) is 9.86. The van der Waals surface area contributed by atoms with E-state index < -0.39 is 0 Å². The summed E-state index contributed by atoms with van der Waals surface area (Å²) in [5, 5.41) is 2.78. The molecule has 0 saturated carbocycles. The highest BCUT2D eigenvalue weighted by molar-refractivity contribution is 5.87. The number of hydrogen-bond acceptors (Lipinski definition) is 1. The van der Waals surface area contributed by atoms with Crippen molar-refractivity contribution in [2.45, 2.75) is 39.7 Å². The first-order chi connectivity index (χ1) is 7.16. The molecule has 0 radical (unpaired) electrons. The molecule has 2 nitrogen and oxygen atoms in total. The summed E-state index contributed by atoms with van der Waals surface area (Å²) in [6.07, 6.45) is 13.5. The molecule has 0 bridgehead atoms. The van der Waals surface area contributed by atoms with Gasteiger partial charge in [-0.1, -0.05) is 30.4 Å². The van der Waals surface area contributed by atoms with Gasteiger partial charge in [0.25, 0.3) is 0 Å². The molecule has 1 amide bonds. The van der Waals surface area contributed by atoms with Crippen LogP contribution in [0.4, 0.5) is 0 Å². The third kappa shape index (κ3) is 10.6. The van der Waals surface area contributed by atoms with Gasteiger partial charge in [0.15, 0.2) is 0 Å². The summed E-state index contributed by atoms with van der Waals surface area (Å²) < 4.78 is 0. The molecule has 0 aliphatic rings. The second kappa shape index (κ2) is 9.25.